The van der Waals surface area contributed by atoms with Crippen molar-refractivity contribution < 1.29 is 17.9 Å². The van der Waals surface area contributed by atoms with Crippen molar-refractivity contribution in [1.29, 1.82) is 5.26 Å². The van der Waals surface area contributed by atoms with Crippen LogP contribution in [-0.4, -0.2) is 24.9 Å². The van der Waals surface area contributed by atoms with Gasteiger partial charge in [0.05, 0.1) is 12.7 Å². The highest BCUT2D eigenvalue weighted by Gasteiger charge is 2.29. The number of alkyl halides is 3. The lowest BCUT2D eigenvalue weighted by atomic mass is 10.1. The van der Waals surface area contributed by atoms with E-state index in [4.69, 9.17) is 11.0 Å². The molecule has 6 heteroatoms. The number of hydrogen-bond donors (Lipinski definition) is 1. The maximum atomic E-state index is 11.5. The van der Waals surface area contributed by atoms with Crippen molar-refractivity contribution in [3.05, 3.63) is 0 Å². The van der Waals surface area contributed by atoms with Crippen molar-refractivity contribution in [3.8, 4) is 6.07 Å². The predicted molar refractivity (Wildman–Crippen MR) is 35.1 cm³/mol. The number of rotatable bonds is 3. The van der Waals surface area contributed by atoms with Crippen molar-refractivity contribution in [3.63, 3.8) is 0 Å². The van der Waals surface area contributed by atoms with Crippen LogP contribution in [0, 0.1) is 11.3 Å². The van der Waals surface area contributed by atoms with Gasteiger partial charge in [-0.25, -0.2) is 0 Å². The van der Waals surface area contributed by atoms with Gasteiger partial charge >= 0.3 is 6.18 Å². The molecule has 12 heavy (non-hydrogen) atoms. The van der Waals surface area contributed by atoms with Crippen LogP contribution in [0.25, 0.3) is 0 Å². The van der Waals surface area contributed by atoms with Crippen LogP contribution < -0.4 is 5.73 Å². The Morgan fingerprint density at radius 1 is 1.42 bits per heavy atom. The van der Waals surface area contributed by atoms with Crippen LogP contribution in [0.2, 0.25) is 0 Å². The minimum absolute atomic E-state index is 0.428. The summed E-state index contributed by atoms with van der Waals surface area (Å²) in [5.41, 5.74) is 3.84. The third kappa shape index (κ3) is 5.95. The number of nitriles is 1. The first-order valence-electron chi connectivity index (χ1n) is 3.11. The normalized spacial score (nSPS) is 16.7. The van der Waals surface area contributed by atoms with Crippen molar-refractivity contribution in [2.45, 2.75) is 18.6 Å². The molecule has 0 aromatic carbocycles. The molecule has 0 rings (SSSR count). The number of halogens is 3. The summed E-state index contributed by atoms with van der Waals surface area (Å²) >= 11 is 0. The Hall–Kier alpha value is -0.800. The summed E-state index contributed by atoms with van der Waals surface area (Å²) in [6.07, 6.45) is -4.37. The molecule has 0 heterocycles. The highest BCUT2D eigenvalue weighted by atomic mass is 19.4. The third-order valence-electron chi connectivity index (χ3n) is 0.923. The molecule has 0 aliphatic heterocycles. The molecule has 1 atom stereocenters. The molecular formula is C6H9F3N2O. The van der Waals surface area contributed by atoms with Crippen molar-refractivity contribution in [2.24, 2.45) is 5.73 Å². The van der Waals surface area contributed by atoms with E-state index in [2.05, 4.69) is 4.74 Å². The lowest BCUT2D eigenvalue weighted by Gasteiger charge is -2.15. The lowest BCUT2D eigenvalue weighted by molar-refractivity contribution is -0.175. The van der Waals surface area contributed by atoms with E-state index in [0.29, 0.717) is 0 Å². The molecule has 0 aromatic rings. The van der Waals surface area contributed by atoms with Gasteiger partial charge in [0.1, 0.15) is 12.1 Å². The van der Waals surface area contributed by atoms with E-state index in [-0.39, 0.29) is 0 Å². The quantitative estimate of drug-likeness (QED) is 0.702. The summed E-state index contributed by atoms with van der Waals surface area (Å²) in [7, 11) is 0. The number of nitrogens with two attached hydrogens (primary N) is 1. The Morgan fingerprint density at radius 2 is 1.92 bits per heavy atom. The second kappa shape index (κ2) is 3.74. The highest BCUT2D eigenvalue weighted by Crippen LogP contribution is 2.14. The van der Waals surface area contributed by atoms with Crippen molar-refractivity contribution in [1.82, 2.24) is 0 Å². The lowest BCUT2D eigenvalue weighted by Crippen LogP contribution is -2.40. The van der Waals surface area contributed by atoms with Crippen LogP contribution in [0.5, 0.6) is 0 Å². The maximum absolute atomic E-state index is 11.5. The fourth-order valence-corrected chi connectivity index (χ4v) is 0.411. The van der Waals surface area contributed by atoms with E-state index in [1.807, 2.05) is 0 Å². The Kier molecular flexibility index (Phi) is 3.49. The molecule has 2 N–H and O–H groups in total. The molecule has 0 aliphatic rings. The average molecular weight is 182 g/mol. The minimum atomic E-state index is -4.37. The van der Waals surface area contributed by atoms with E-state index in [0.717, 1.165) is 0 Å². The zero-order valence-electron chi connectivity index (χ0n) is 6.48. The standard InChI is InChI=1S/C6H9F3N2O/c1-5(11,2-10)3-12-4-6(7,8)9/h3-4,11H2,1H3. The number of ether oxygens (including phenoxy) is 1. The topological polar surface area (TPSA) is 59.0 Å². The van der Waals surface area contributed by atoms with Gasteiger partial charge in [0, 0.05) is 0 Å². The summed E-state index contributed by atoms with van der Waals surface area (Å²) in [5, 5.41) is 8.29. The second-order valence-corrected chi connectivity index (χ2v) is 2.64. The van der Waals surface area contributed by atoms with E-state index in [1.165, 1.54) is 6.92 Å². The zero-order chi connectivity index (χ0) is 9.83. The molecule has 0 amide bonds. The van der Waals surface area contributed by atoms with Crippen molar-refractivity contribution in [2.75, 3.05) is 13.2 Å². The molecule has 0 radical (unpaired) electrons. The van der Waals surface area contributed by atoms with Gasteiger partial charge in [-0.3, -0.25) is 0 Å². The summed E-state index contributed by atoms with van der Waals surface area (Å²) in [6, 6.07) is 1.61. The fourth-order valence-electron chi connectivity index (χ4n) is 0.411. The smallest absolute Gasteiger partial charge is 0.369 e. The van der Waals surface area contributed by atoms with Gasteiger partial charge in [-0.1, -0.05) is 0 Å². The summed E-state index contributed by atoms with van der Waals surface area (Å²) in [5.74, 6) is 0. The summed E-state index contributed by atoms with van der Waals surface area (Å²) < 4.78 is 38.6. The number of nitrogens with zero attached hydrogens (tertiary/aromatic N) is 1. The van der Waals surface area contributed by atoms with Gasteiger partial charge < -0.3 is 10.5 Å². The van der Waals surface area contributed by atoms with Crippen LogP contribution in [-0.2, 0) is 4.74 Å². The Balaban J connectivity index is 3.66. The SMILES string of the molecule is CC(N)(C#N)COCC(F)(F)F. The van der Waals surface area contributed by atoms with Crippen LogP contribution in [0.15, 0.2) is 0 Å². The monoisotopic (exact) mass is 182 g/mol. The van der Waals surface area contributed by atoms with Gasteiger partial charge in [0.25, 0.3) is 0 Å². The molecule has 70 valence electrons. The van der Waals surface area contributed by atoms with Gasteiger partial charge in [-0.05, 0) is 6.92 Å². The van der Waals surface area contributed by atoms with E-state index < -0.39 is 24.9 Å². The van der Waals surface area contributed by atoms with Gasteiger partial charge in [0.15, 0.2) is 0 Å². The molecule has 0 fully saturated rings. The van der Waals surface area contributed by atoms with Crippen LogP contribution in [0.1, 0.15) is 6.92 Å². The van der Waals surface area contributed by atoms with E-state index >= 15 is 0 Å². The Bertz CT molecular complexity index is 182. The maximum Gasteiger partial charge on any atom is 0.411 e. The zero-order valence-corrected chi connectivity index (χ0v) is 6.48. The van der Waals surface area contributed by atoms with Crippen LogP contribution in [0.4, 0.5) is 13.2 Å². The molecule has 1 unspecified atom stereocenters. The van der Waals surface area contributed by atoms with Gasteiger partial charge in [-0.15, -0.1) is 0 Å². The molecule has 3 nitrogen and oxygen atoms in total. The summed E-state index contributed by atoms with van der Waals surface area (Å²) in [4.78, 5) is 0. The first kappa shape index (κ1) is 11.2. The van der Waals surface area contributed by atoms with Gasteiger partial charge in [0.2, 0.25) is 0 Å². The Morgan fingerprint density at radius 3 is 2.25 bits per heavy atom. The minimum Gasteiger partial charge on any atom is -0.369 e. The highest BCUT2D eigenvalue weighted by molar-refractivity contribution is 5.00. The predicted octanol–water partition coefficient (Wildman–Crippen LogP) is 0.806. The van der Waals surface area contributed by atoms with E-state index in [1.54, 1.807) is 6.07 Å². The molecule has 0 aliphatic carbocycles. The average Bonchev–Trinajstić information content (AvgIpc) is 1.84. The molecule has 0 saturated carbocycles. The Labute approximate surface area is 67.9 Å². The molecule has 0 spiro atoms. The van der Waals surface area contributed by atoms with E-state index in [9.17, 15) is 13.2 Å². The summed E-state index contributed by atoms with van der Waals surface area (Å²) in [6.45, 7) is -0.506. The van der Waals surface area contributed by atoms with Crippen LogP contribution >= 0.6 is 0 Å². The van der Waals surface area contributed by atoms with Crippen molar-refractivity contribution >= 4 is 0 Å². The third-order valence-corrected chi connectivity index (χ3v) is 0.923. The van der Waals surface area contributed by atoms with Gasteiger partial charge in [-0.2, -0.15) is 18.4 Å². The molecule has 0 bridgehead atoms. The fraction of sp³-hybridized carbons (Fsp3) is 0.833. The number of hydrogen-bond acceptors (Lipinski definition) is 3. The molecule has 0 saturated heterocycles. The second-order valence-electron chi connectivity index (χ2n) is 2.64. The van der Waals surface area contributed by atoms with Crippen LogP contribution in [0.3, 0.4) is 0 Å². The molecular weight excluding hydrogens is 173 g/mol. The largest absolute Gasteiger partial charge is 0.411 e. The first-order valence-corrected chi connectivity index (χ1v) is 3.11. The molecule has 0 aromatic heterocycles. The first-order chi connectivity index (χ1) is 5.27.